The Morgan fingerprint density at radius 1 is 1.39 bits per heavy atom. The molecule has 0 amide bonds. The van der Waals surface area contributed by atoms with E-state index < -0.39 is 0 Å². The Bertz CT molecular complexity index is 584. The van der Waals surface area contributed by atoms with Gasteiger partial charge in [0.05, 0.1) is 0 Å². The van der Waals surface area contributed by atoms with Gasteiger partial charge in [0.2, 0.25) is 0 Å². The molecule has 0 bridgehead atoms. The molecule has 8 heteroatoms. The van der Waals surface area contributed by atoms with Gasteiger partial charge in [-0.2, -0.15) is 0 Å². The number of nitrogens with zero attached hydrogens (tertiary/aromatic N) is 2. The molecule has 0 aliphatic carbocycles. The molecule has 0 aliphatic rings. The van der Waals surface area contributed by atoms with Gasteiger partial charge in [0.1, 0.15) is 5.84 Å². The highest BCUT2D eigenvalue weighted by Gasteiger charge is 2.11. The molecule has 18 heavy (non-hydrogen) atoms. The van der Waals surface area contributed by atoms with Crippen LogP contribution < -0.4 is 5.73 Å². The lowest BCUT2D eigenvalue weighted by atomic mass is 10.2. The van der Waals surface area contributed by atoms with Crippen LogP contribution in [0.1, 0.15) is 5.56 Å². The summed E-state index contributed by atoms with van der Waals surface area (Å²) in [6.07, 6.45) is 1.97. The van der Waals surface area contributed by atoms with Crippen LogP contribution in [0.3, 0.4) is 0 Å². The zero-order valence-corrected chi connectivity index (χ0v) is 13.3. The van der Waals surface area contributed by atoms with Crippen molar-refractivity contribution in [3.8, 4) is 0 Å². The van der Waals surface area contributed by atoms with E-state index in [-0.39, 0.29) is 5.84 Å². The summed E-state index contributed by atoms with van der Waals surface area (Å²) in [6, 6.07) is 5.63. The van der Waals surface area contributed by atoms with E-state index in [9.17, 15) is 0 Å². The Morgan fingerprint density at radius 2 is 2.11 bits per heavy atom. The van der Waals surface area contributed by atoms with Crippen LogP contribution in [0.5, 0.6) is 0 Å². The number of hydrogen-bond donors (Lipinski definition) is 2. The van der Waals surface area contributed by atoms with Gasteiger partial charge < -0.3 is 5.73 Å². The van der Waals surface area contributed by atoms with E-state index in [1.165, 1.54) is 23.1 Å². The molecule has 2 rings (SSSR count). The molecule has 1 heterocycles. The van der Waals surface area contributed by atoms with Crippen molar-refractivity contribution in [2.24, 2.45) is 5.73 Å². The summed E-state index contributed by atoms with van der Waals surface area (Å²) in [5, 5.41) is 15.7. The van der Waals surface area contributed by atoms with Crippen LogP contribution in [0.2, 0.25) is 0 Å². The van der Waals surface area contributed by atoms with Crippen molar-refractivity contribution in [2.75, 3.05) is 6.26 Å². The first-order chi connectivity index (χ1) is 8.60. The molecule has 0 saturated heterocycles. The Morgan fingerprint density at radius 3 is 2.72 bits per heavy atom. The first kappa shape index (κ1) is 13.9. The third-order valence-corrected chi connectivity index (χ3v) is 5.49. The molecule has 0 unspecified atom stereocenters. The van der Waals surface area contributed by atoms with Crippen molar-refractivity contribution in [1.82, 2.24) is 10.2 Å². The Kier molecular flexibility index (Phi) is 4.66. The van der Waals surface area contributed by atoms with Gasteiger partial charge >= 0.3 is 0 Å². The third kappa shape index (κ3) is 3.25. The predicted octanol–water partition coefficient (Wildman–Crippen LogP) is 3.46. The summed E-state index contributed by atoms with van der Waals surface area (Å²) in [5.41, 5.74) is 6.28. The fraction of sp³-hybridized carbons (Fsp3) is 0.100. The summed E-state index contributed by atoms with van der Waals surface area (Å²) in [4.78, 5) is 0.903. The molecular weight excluding hydrogens is 352 g/mol. The smallest absolute Gasteiger partial charge is 0.179 e. The molecule has 0 fully saturated rings. The number of rotatable bonds is 4. The lowest BCUT2D eigenvalue weighted by Crippen LogP contribution is -2.12. The SMILES string of the molecule is CSc1nnc(Sc2cc(Br)ccc2C(=N)N)s1. The van der Waals surface area contributed by atoms with Gasteiger partial charge in [-0.15, -0.1) is 10.2 Å². The second kappa shape index (κ2) is 6.05. The van der Waals surface area contributed by atoms with Crippen LogP contribution in [0.4, 0.5) is 0 Å². The van der Waals surface area contributed by atoms with Crippen LogP contribution in [0.15, 0.2) is 36.2 Å². The summed E-state index contributed by atoms with van der Waals surface area (Å²) in [6.45, 7) is 0. The van der Waals surface area contributed by atoms with E-state index in [1.807, 2.05) is 24.5 Å². The van der Waals surface area contributed by atoms with Gasteiger partial charge in [0.15, 0.2) is 8.68 Å². The van der Waals surface area contributed by atoms with Gasteiger partial charge in [-0.05, 0) is 24.5 Å². The first-order valence-electron chi connectivity index (χ1n) is 4.79. The van der Waals surface area contributed by atoms with Crippen LogP contribution in [-0.2, 0) is 0 Å². The van der Waals surface area contributed by atoms with Crippen molar-refractivity contribution in [3.05, 3.63) is 28.2 Å². The van der Waals surface area contributed by atoms with E-state index in [0.29, 0.717) is 5.56 Å². The van der Waals surface area contributed by atoms with Crippen LogP contribution >= 0.6 is 50.8 Å². The fourth-order valence-corrected chi connectivity index (χ4v) is 4.31. The molecular formula is C10H9BrN4S3. The number of thioether (sulfide) groups is 1. The molecule has 1 aromatic heterocycles. The normalized spacial score (nSPS) is 10.6. The van der Waals surface area contributed by atoms with Crippen LogP contribution in [0, 0.1) is 5.41 Å². The lowest BCUT2D eigenvalue weighted by Gasteiger charge is -2.06. The molecule has 0 saturated carbocycles. The van der Waals surface area contributed by atoms with E-state index in [4.69, 9.17) is 11.1 Å². The summed E-state index contributed by atoms with van der Waals surface area (Å²) >= 11 is 7.99. The number of benzene rings is 1. The van der Waals surface area contributed by atoms with Crippen molar-refractivity contribution in [1.29, 1.82) is 5.41 Å². The largest absolute Gasteiger partial charge is 0.384 e. The van der Waals surface area contributed by atoms with Gasteiger partial charge in [-0.25, -0.2) is 0 Å². The minimum absolute atomic E-state index is 0.0552. The summed E-state index contributed by atoms with van der Waals surface area (Å²) in [5.74, 6) is 0.0552. The highest BCUT2D eigenvalue weighted by atomic mass is 79.9. The average molecular weight is 361 g/mol. The maximum atomic E-state index is 7.57. The molecule has 0 atom stereocenters. The second-order valence-electron chi connectivity index (χ2n) is 3.19. The van der Waals surface area contributed by atoms with Crippen molar-refractivity contribution < 1.29 is 0 Å². The molecule has 3 N–H and O–H groups in total. The Labute approximate surface area is 125 Å². The number of amidine groups is 1. The second-order valence-corrected chi connectivity index (χ2v) is 7.43. The summed E-state index contributed by atoms with van der Waals surface area (Å²) < 4.78 is 2.72. The third-order valence-electron chi connectivity index (χ3n) is 1.99. The average Bonchev–Trinajstić information content (AvgIpc) is 2.76. The number of aromatic nitrogens is 2. The lowest BCUT2D eigenvalue weighted by molar-refractivity contribution is 0.955. The fourth-order valence-electron chi connectivity index (χ4n) is 1.22. The quantitative estimate of drug-likeness (QED) is 0.496. The highest BCUT2D eigenvalue weighted by molar-refractivity contribution is 9.10. The van der Waals surface area contributed by atoms with Crippen LogP contribution in [0.25, 0.3) is 0 Å². The molecule has 1 aromatic carbocycles. The number of nitrogens with two attached hydrogens (primary N) is 1. The van der Waals surface area contributed by atoms with Gasteiger partial charge in [0, 0.05) is 14.9 Å². The molecule has 2 aromatic rings. The Hall–Kier alpha value is -0.570. The van der Waals surface area contributed by atoms with E-state index in [0.717, 1.165) is 18.0 Å². The van der Waals surface area contributed by atoms with Gasteiger partial charge in [0.25, 0.3) is 0 Å². The molecule has 4 nitrogen and oxygen atoms in total. The van der Waals surface area contributed by atoms with Crippen molar-refractivity contribution in [2.45, 2.75) is 13.6 Å². The maximum absolute atomic E-state index is 7.57. The number of halogens is 1. The number of hydrogen-bond acceptors (Lipinski definition) is 6. The molecule has 94 valence electrons. The van der Waals surface area contributed by atoms with E-state index in [2.05, 4.69) is 26.1 Å². The molecule has 0 radical (unpaired) electrons. The van der Waals surface area contributed by atoms with Gasteiger partial charge in [-0.1, -0.05) is 50.8 Å². The topological polar surface area (TPSA) is 75.7 Å². The predicted molar refractivity (Wildman–Crippen MR) is 81.0 cm³/mol. The molecule has 0 aliphatic heterocycles. The number of nitrogens with one attached hydrogen (secondary N) is 1. The minimum Gasteiger partial charge on any atom is -0.384 e. The number of nitrogen functional groups attached to an aromatic ring is 1. The molecule has 0 spiro atoms. The first-order valence-corrected chi connectivity index (χ1v) is 8.44. The van der Waals surface area contributed by atoms with E-state index >= 15 is 0 Å². The standard InChI is InChI=1S/C10H9BrN4S3/c1-16-9-14-15-10(18-9)17-7-4-5(11)2-3-6(7)8(12)13/h2-4H,1H3,(H3,12,13). The van der Waals surface area contributed by atoms with Gasteiger partial charge in [-0.3, -0.25) is 5.41 Å². The highest BCUT2D eigenvalue weighted by Crippen LogP contribution is 2.35. The summed E-state index contributed by atoms with van der Waals surface area (Å²) in [7, 11) is 0. The zero-order valence-electron chi connectivity index (χ0n) is 9.31. The maximum Gasteiger partial charge on any atom is 0.179 e. The monoisotopic (exact) mass is 360 g/mol. The van der Waals surface area contributed by atoms with Crippen LogP contribution in [-0.4, -0.2) is 22.3 Å². The van der Waals surface area contributed by atoms with Crippen molar-refractivity contribution in [3.63, 3.8) is 0 Å². The Balaban J connectivity index is 2.32. The zero-order chi connectivity index (χ0) is 13.1. The van der Waals surface area contributed by atoms with Crippen molar-refractivity contribution >= 4 is 56.6 Å². The van der Waals surface area contributed by atoms with E-state index in [1.54, 1.807) is 11.8 Å². The minimum atomic E-state index is 0.0552.